The van der Waals surface area contributed by atoms with Crippen LogP contribution >= 0.6 is 0 Å². The van der Waals surface area contributed by atoms with E-state index in [0.29, 0.717) is 17.7 Å². The van der Waals surface area contributed by atoms with Gasteiger partial charge in [-0.05, 0) is 42.3 Å². The summed E-state index contributed by atoms with van der Waals surface area (Å²) in [7, 11) is -3.04. The first-order valence-corrected chi connectivity index (χ1v) is 9.72. The predicted octanol–water partition coefficient (Wildman–Crippen LogP) is 2.32. The summed E-state index contributed by atoms with van der Waals surface area (Å²) >= 11 is 0. The van der Waals surface area contributed by atoms with E-state index in [0.717, 1.165) is 5.56 Å². The number of carbonyl (C=O) groups is 1. The van der Waals surface area contributed by atoms with Crippen LogP contribution in [0.5, 0.6) is 5.75 Å². The van der Waals surface area contributed by atoms with Crippen molar-refractivity contribution in [3.05, 3.63) is 65.5 Å². The molecule has 1 amide bonds. The molecule has 1 aliphatic rings. The number of hydrogen-bond donors (Lipinski definition) is 1. The Balaban J connectivity index is 1.60. The maximum absolute atomic E-state index is 12.9. The van der Waals surface area contributed by atoms with Gasteiger partial charge in [-0.2, -0.15) is 0 Å². The minimum absolute atomic E-state index is 0.0144. The molecule has 3 rings (SSSR count). The van der Waals surface area contributed by atoms with E-state index in [-0.39, 0.29) is 35.9 Å². The Morgan fingerprint density at radius 2 is 1.96 bits per heavy atom. The first-order valence-electron chi connectivity index (χ1n) is 7.90. The van der Waals surface area contributed by atoms with Crippen LogP contribution in [0.25, 0.3) is 0 Å². The third-order valence-electron chi connectivity index (χ3n) is 3.98. The largest absolute Gasteiger partial charge is 0.489 e. The van der Waals surface area contributed by atoms with Gasteiger partial charge in [0.15, 0.2) is 9.84 Å². The number of benzene rings is 2. The molecular weight excluding hydrogens is 345 g/mol. The van der Waals surface area contributed by atoms with Crippen LogP contribution in [-0.4, -0.2) is 31.9 Å². The van der Waals surface area contributed by atoms with Crippen LogP contribution < -0.4 is 10.1 Å². The highest BCUT2D eigenvalue weighted by Gasteiger charge is 2.29. The number of carbonyl (C=O) groups excluding carboxylic acids is 1. The lowest BCUT2D eigenvalue weighted by Gasteiger charge is -2.12. The minimum atomic E-state index is -3.04. The molecule has 0 spiro atoms. The van der Waals surface area contributed by atoms with E-state index in [1.54, 1.807) is 36.4 Å². The summed E-state index contributed by atoms with van der Waals surface area (Å²) in [6, 6.07) is 12.3. The van der Waals surface area contributed by atoms with Gasteiger partial charge in [-0.1, -0.05) is 18.2 Å². The van der Waals surface area contributed by atoms with Crippen molar-refractivity contribution in [1.82, 2.24) is 5.32 Å². The van der Waals surface area contributed by atoms with E-state index in [2.05, 4.69) is 5.32 Å². The third-order valence-corrected chi connectivity index (χ3v) is 5.75. The molecule has 1 N–H and O–H groups in total. The summed E-state index contributed by atoms with van der Waals surface area (Å²) in [5, 5.41) is 2.74. The normalized spacial score (nSPS) is 18.7. The van der Waals surface area contributed by atoms with Crippen molar-refractivity contribution in [1.29, 1.82) is 0 Å². The van der Waals surface area contributed by atoms with Gasteiger partial charge in [0.2, 0.25) is 0 Å². The second kappa shape index (κ2) is 7.23. The predicted molar refractivity (Wildman–Crippen MR) is 91.7 cm³/mol. The van der Waals surface area contributed by atoms with Crippen molar-refractivity contribution < 1.29 is 22.3 Å². The van der Waals surface area contributed by atoms with Gasteiger partial charge >= 0.3 is 0 Å². The van der Waals surface area contributed by atoms with E-state index in [1.807, 2.05) is 0 Å². The topological polar surface area (TPSA) is 72.5 Å². The second-order valence-electron chi connectivity index (χ2n) is 6.02. The molecule has 0 unspecified atom stereocenters. The van der Waals surface area contributed by atoms with Gasteiger partial charge in [0, 0.05) is 11.6 Å². The summed E-state index contributed by atoms with van der Waals surface area (Å²) in [6.07, 6.45) is 0.439. The first-order chi connectivity index (χ1) is 11.9. The van der Waals surface area contributed by atoms with Crippen LogP contribution in [0.1, 0.15) is 22.3 Å². The van der Waals surface area contributed by atoms with Gasteiger partial charge < -0.3 is 10.1 Å². The molecular formula is C18H18FNO4S. The molecule has 5 nitrogen and oxygen atoms in total. The smallest absolute Gasteiger partial charge is 0.251 e. The quantitative estimate of drug-likeness (QED) is 0.885. The molecule has 25 heavy (non-hydrogen) atoms. The zero-order valence-electron chi connectivity index (χ0n) is 13.4. The number of nitrogens with one attached hydrogen (secondary N) is 1. The Hall–Kier alpha value is -2.41. The number of rotatable bonds is 5. The lowest BCUT2D eigenvalue weighted by Crippen LogP contribution is -2.35. The molecule has 2 aromatic rings. The summed E-state index contributed by atoms with van der Waals surface area (Å²) in [5.41, 5.74) is 1.22. The van der Waals surface area contributed by atoms with Crippen LogP contribution in [-0.2, 0) is 16.4 Å². The van der Waals surface area contributed by atoms with Gasteiger partial charge in [-0.15, -0.1) is 0 Å². The van der Waals surface area contributed by atoms with Crippen molar-refractivity contribution in [2.75, 3.05) is 11.5 Å². The van der Waals surface area contributed by atoms with Crippen molar-refractivity contribution in [2.45, 2.75) is 19.1 Å². The van der Waals surface area contributed by atoms with Crippen molar-refractivity contribution in [3.8, 4) is 5.75 Å². The molecule has 1 saturated heterocycles. The summed E-state index contributed by atoms with van der Waals surface area (Å²) < 4.78 is 41.4. The Labute approximate surface area is 145 Å². The zero-order valence-corrected chi connectivity index (χ0v) is 14.3. The highest BCUT2D eigenvalue weighted by atomic mass is 32.2. The molecule has 1 heterocycles. The standard InChI is InChI=1S/C18H18FNO4S/c19-15-6-4-13(5-7-15)11-24-17-3-1-2-14(10-17)18(21)20-16-8-9-25(22,23)12-16/h1-7,10,16H,8-9,11-12H2,(H,20,21)/t16-/m1/s1. The Bertz CT molecular complexity index is 865. The van der Waals surface area contributed by atoms with Gasteiger partial charge in [0.25, 0.3) is 5.91 Å². The molecule has 0 saturated carbocycles. The fraction of sp³-hybridized carbons (Fsp3) is 0.278. The highest BCUT2D eigenvalue weighted by Crippen LogP contribution is 2.17. The van der Waals surface area contributed by atoms with Crippen LogP contribution in [0, 0.1) is 5.82 Å². The van der Waals surface area contributed by atoms with Crippen molar-refractivity contribution in [2.24, 2.45) is 0 Å². The lowest BCUT2D eigenvalue weighted by atomic mass is 10.1. The fourth-order valence-electron chi connectivity index (χ4n) is 2.65. The number of hydrogen-bond acceptors (Lipinski definition) is 4. The molecule has 7 heteroatoms. The first kappa shape index (κ1) is 17.4. The summed E-state index contributed by atoms with van der Waals surface area (Å²) in [5.74, 6) is -0.0279. The van der Waals surface area contributed by atoms with E-state index in [9.17, 15) is 17.6 Å². The minimum Gasteiger partial charge on any atom is -0.489 e. The van der Waals surface area contributed by atoms with Crippen molar-refractivity contribution in [3.63, 3.8) is 0 Å². The van der Waals surface area contributed by atoms with E-state index in [1.165, 1.54) is 12.1 Å². The molecule has 1 aliphatic heterocycles. The molecule has 132 valence electrons. The molecule has 0 aliphatic carbocycles. The number of amides is 1. The Morgan fingerprint density at radius 3 is 2.64 bits per heavy atom. The van der Waals surface area contributed by atoms with E-state index in [4.69, 9.17) is 4.74 Å². The molecule has 0 radical (unpaired) electrons. The average Bonchev–Trinajstić information content (AvgIpc) is 2.93. The maximum Gasteiger partial charge on any atom is 0.251 e. The molecule has 2 aromatic carbocycles. The molecule has 0 bridgehead atoms. The monoisotopic (exact) mass is 363 g/mol. The van der Waals surface area contributed by atoms with E-state index < -0.39 is 9.84 Å². The van der Waals surface area contributed by atoms with Crippen LogP contribution in [0.15, 0.2) is 48.5 Å². The van der Waals surface area contributed by atoms with Gasteiger partial charge in [-0.3, -0.25) is 4.79 Å². The van der Waals surface area contributed by atoms with Gasteiger partial charge in [0.1, 0.15) is 18.2 Å². The Kier molecular flexibility index (Phi) is 5.03. The molecule has 1 atom stereocenters. The zero-order chi connectivity index (χ0) is 17.9. The number of sulfone groups is 1. The second-order valence-corrected chi connectivity index (χ2v) is 8.25. The van der Waals surface area contributed by atoms with Crippen LogP contribution in [0.4, 0.5) is 4.39 Å². The number of halogens is 1. The fourth-order valence-corrected chi connectivity index (χ4v) is 4.33. The van der Waals surface area contributed by atoms with Gasteiger partial charge in [-0.25, -0.2) is 12.8 Å². The van der Waals surface area contributed by atoms with Crippen LogP contribution in [0.2, 0.25) is 0 Å². The number of ether oxygens (including phenoxy) is 1. The SMILES string of the molecule is O=C(N[C@@H]1CCS(=O)(=O)C1)c1cccc(OCc2ccc(F)cc2)c1. The van der Waals surface area contributed by atoms with Crippen molar-refractivity contribution >= 4 is 15.7 Å². The summed E-state index contributed by atoms with van der Waals surface area (Å²) in [6.45, 7) is 0.256. The third kappa shape index (κ3) is 4.79. The molecule has 0 aromatic heterocycles. The summed E-state index contributed by atoms with van der Waals surface area (Å²) in [4.78, 5) is 12.3. The van der Waals surface area contributed by atoms with E-state index >= 15 is 0 Å². The van der Waals surface area contributed by atoms with Gasteiger partial charge in [0.05, 0.1) is 11.5 Å². The average molecular weight is 363 g/mol. The van der Waals surface area contributed by atoms with Crippen LogP contribution in [0.3, 0.4) is 0 Å². The maximum atomic E-state index is 12.9. The molecule has 1 fully saturated rings. The Morgan fingerprint density at radius 1 is 1.20 bits per heavy atom. The highest BCUT2D eigenvalue weighted by molar-refractivity contribution is 7.91. The lowest BCUT2D eigenvalue weighted by molar-refractivity contribution is 0.0940.